The number of methoxy groups -OCH3 is 2. The minimum absolute atomic E-state index is 0.0870. The van der Waals surface area contributed by atoms with E-state index >= 15 is 0 Å². The van der Waals surface area contributed by atoms with Crippen LogP contribution in [0.4, 0.5) is 0 Å². The molecular weight excluding hydrogens is 454 g/mol. The van der Waals surface area contributed by atoms with Gasteiger partial charge in [0, 0.05) is 19.4 Å². The van der Waals surface area contributed by atoms with Crippen molar-refractivity contribution in [2.75, 3.05) is 14.2 Å². The number of hydrogen-bond acceptors (Lipinski definition) is 9. The first-order valence-electron chi connectivity index (χ1n) is 10.8. The molecule has 1 fully saturated rings. The number of aromatic nitrogens is 1. The maximum Gasteiger partial charge on any atom is 0.348 e. The van der Waals surface area contributed by atoms with E-state index in [2.05, 4.69) is 4.98 Å². The van der Waals surface area contributed by atoms with Crippen LogP contribution in [0, 0.1) is 6.92 Å². The highest BCUT2D eigenvalue weighted by molar-refractivity contribution is 6.19. The Balaban J connectivity index is 1.57. The number of aryl methyl sites for hydroxylation is 1. The van der Waals surface area contributed by atoms with Gasteiger partial charge in [-0.2, -0.15) is 0 Å². The number of rotatable bonds is 7. The predicted octanol–water partition coefficient (Wildman–Crippen LogP) is 4.47. The Morgan fingerprint density at radius 1 is 0.971 bits per heavy atom. The monoisotopic (exact) mass is 479 g/mol. The van der Waals surface area contributed by atoms with Gasteiger partial charge in [-0.3, -0.25) is 0 Å². The number of esters is 2. The first-order chi connectivity index (χ1) is 16.7. The maximum absolute atomic E-state index is 12.3. The molecular formula is C26H25NO8. The van der Waals surface area contributed by atoms with E-state index in [1.165, 1.54) is 19.9 Å². The molecule has 0 N–H and O–H groups in total. The first-order valence-corrected chi connectivity index (χ1v) is 10.8. The molecule has 0 amide bonds. The van der Waals surface area contributed by atoms with E-state index in [0.717, 1.165) is 0 Å². The smallest absolute Gasteiger partial charge is 0.348 e. The number of carbonyl (C=O) groups is 2. The highest BCUT2D eigenvalue weighted by Crippen LogP contribution is 2.34. The van der Waals surface area contributed by atoms with Crippen LogP contribution in [0.3, 0.4) is 0 Å². The number of oxazole rings is 1. The summed E-state index contributed by atoms with van der Waals surface area (Å²) in [5, 5.41) is 0. The molecule has 182 valence electrons. The number of nitrogens with zero attached hydrogens (tertiary/aromatic N) is 1. The first kappa shape index (κ1) is 23.9. The van der Waals surface area contributed by atoms with Gasteiger partial charge in [0.05, 0.1) is 19.8 Å². The van der Waals surface area contributed by atoms with Crippen molar-refractivity contribution in [3.05, 3.63) is 65.1 Å². The Bertz CT molecular complexity index is 1280. The van der Waals surface area contributed by atoms with Gasteiger partial charge in [0.1, 0.15) is 40.9 Å². The molecule has 9 nitrogen and oxygen atoms in total. The molecule has 0 radical (unpaired) electrons. The van der Waals surface area contributed by atoms with Crippen LogP contribution in [0.1, 0.15) is 30.9 Å². The minimum atomic E-state index is -1.31. The fourth-order valence-corrected chi connectivity index (χ4v) is 3.47. The second-order valence-corrected chi connectivity index (χ2v) is 8.15. The highest BCUT2D eigenvalue weighted by Gasteiger charge is 2.39. The van der Waals surface area contributed by atoms with Gasteiger partial charge in [0.2, 0.25) is 5.89 Å². The van der Waals surface area contributed by atoms with E-state index in [0.29, 0.717) is 45.7 Å². The molecule has 2 heterocycles. The van der Waals surface area contributed by atoms with Gasteiger partial charge < -0.3 is 28.1 Å². The van der Waals surface area contributed by atoms with Crippen LogP contribution in [-0.2, 0) is 25.7 Å². The Kier molecular flexibility index (Phi) is 6.50. The molecule has 9 heteroatoms. The number of benzene rings is 2. The zero-order chi connectivity index (χ0) is 25.2. The largest absolute Gasteiger partial charge is 0.497 e. The van der Waals surface area contributed by atoms with Crippen molar-refractivity contribution in [1.82, 2.24) is 4.98 Å². The average Bonchev–Trinajstić information content (AvgIpc) is 3.19. The van der Waals surface area contributed by atoms with Crippen molar-refractivity contribution in [1.29, 1.82) is 0 Å². The lowest BCUT2D eigenvalue weighted by Gasteiger charge is -2.29. The average molecular weight is 479 g/mol. The molecule has 35 heavy (non-hydrogen) atoms. The molecule has 0 saturated carbocycles. The standard InChI is InChI=1S/C26H25NO8/c1-15-20(27-23(33-15)18-13-17(30-4)10-11-22(18)31-5)14-32-21-9-7-6-8-16(21)12-19-24(28)34-26(2,3)35-25(19)29/h6-13H,14H2,1-5H3. The molecule has 0 aliphatic carbocycles. The summed E-state index contributed by atoms with van der Waals surface area (Å²) >= 11 is 0. The second-order valence-electron chi connectivity index (χ2n) is 8.15. The van der Waals surface area contributed by atoms with Gasteiger partial charge in [0.15, 0.2) is 0 Å². The lowest BCUT2D eigenvalue weighted by atomic mass is 10.1. The summed E-state index contributed by atoms with van der Waals surface area (Å²) in [5.41, 5.74) is 1.51. The number of cyclic esters (lactones) is 2. The molecule has 2 aromatic carbocycles. The zero-order valence-corrected chi connectivity index (χ0v) is 20.0. The maximum atomic E-state index is 12.3. The van der Waals surface area contributed by atoms with E-state index in [4.69, 9.17) is 28.1 Å². The molecule has 1 aromatic heterocycles. The van der Waals surface area contributed by atoms with Crippen LogP contribution in [0.25, 0.3) is 17.5 Å². The quantitative estimate of drug-likeness (QED) is 0.276. The lowest BCUT2D eigenvalue weighted by molar-refractivity contribution is -0.222. The van der Waals surface area contributed by atoms with Crippen molar-refractivity contribution >= 4 is 18.0 Å². The normalized spacial score (nSPS) is 14.7. The molecule has 0 unspecified atom stereocenters. The fraction of sp³-hybridized carbons (Fsp3) is 0.269. The van der Waals surface area contributed by atoms with Gasteiger partial charge in [0.25, 0.3) is 5.79 Å². The van der Waals surface area contributed by atoms with Crippen molar-refractivity contribution in [3.63, 3.8) is 0 Å². The van der Waals surface area contributed by atoms with Gasteiger partial charge in [-0.05, 0) is 37.3 Å². The second kappa shape index (κ2) is 9.54. The number of carbonyl (C=O) groups excluding carboxylic acids is 2. The van der Waals surface area contributed by atoms with Gasteiger partial charge in [-0.15, -0.1) is 0 Å². The Morgan fingerprint density at radius 3 is 2.37 bits per heavy atom. The van der Waals surface area contributed by atoms with Gasteiger partial charge in [-0.25, -0.2) is 14.6 Å². The van der Waals surface area contributed by atoms with Crippen molar-refractivity contribution in [2.45, 2.75) is 33.2 Å². The SMILES string of the molecule is COc1ccc(OC)c(-c2nc(COc3ccccc3C=C3C(=O)OC(C)(C)OC3=O)c(C)o2)c1. The number of hydrogen-bond donors (Lipinski definition) is 0. The number of para-hydroxylation sites is 1. The minimum Gasteiger partial charge on any atom is -0.497 e. The van der Waals surface area contributed by atoms with Gasteiger partial charge in [-0.1, -0.05) is 18.2 Å². The van der Waals surface area contributed by atoms with Crippen LogP contribution in [0.5, 0.6) is 17.2 Å². The molecule has 0 atom stereocenters. The van der Waals surface area contributed by atoms with E-state index in [1.54, 1.807) is 63.6 Å². The van der Waals surface area contributed by atoms with E-state index in [1.807, 2.05) is 0 Å². The molecule has 1 saturated heterocycles. The third-order valence-electron chi connectivity index (χ3n) is 5.23. The Morgan fingerprint density at radius 2 is 1.69 bits per heavy atom. The summed E-state index contributed by atoms with van der Waals surface area (Å²) < 4.78 is 32.9. The number of ether oxygens (including phenoxy) is 5. The fourth-order valence-electron chi connectivity index (χ4n) is 3.47. The van der Waals surface area contributed by atoms with E-state index < -0.39 is 17.7 Å². The topological polar surface area (TPSA) is 106 Å². The van der Waals surface area contributed by atoms with Crippen LogP contribution in [0.15, 0.2) is 52.5 Å². The molecule has 0 bridgehead atoms. The summed E-state index contributed by atoms with van der Waals surface area (Å²) in [6.45, 7) is 4.85. The molecule has 3 aromatic rings. The molecule has 1 aliphatic heterocycles. The Hall–Kier alpha value is -4.27. The third-order valence-corrected chi connectivity index (χ3v) is 5.23. The predicted molar refractivity (Wildman–Crippen MR) is 125 cm³/mol. The highest BCUT2D eigenvalue weighted by atomic mass is 16.7. The zero-order valence-electron chi connectivity index (χ0n) is 20.0. The molecule has 0 spiro atoms. The summed E-state index contributed by atoms with van der Waals surface area (Å²) in [7, 11) is 3.14. The van der Waals surface area contributed by atoms with Crippen LogP contribution >= 0.6 is 0 Å². The van der Waals surface area contributed by atoms with Crippen molar-refractivity contribution < 1.29 is 37.7 Å². The summed E-state index contributed by atoms with van der Waals surface area (Å²) in [6.07, 6.45) is 1.39. The van der Waals surface area contributed by atoms with E-state index in [-0.39, 0.29) is 12.2 Å². The van der Waals surface area contributed by atoms with Crippen molar-refractivity contribution in [3.8, 4) is 28.7 Å². The van der Waals surface area contributed by atoms with E-state index in [9.17, 15) is 9.59 Å². The van der Waals surface area contributed by atoms with Crippen LogP contribution < -0.4 is 14.2 Å². The third kappa shape index (κ3) is 5.13. The van der Waals surface area contributed by atoms with Crippen molar-refractivity contribution in [2.24, 2.45) is 0 Å². The van der Waals surface area contributed by atoms with Crippen LogP contribution in [-0.4, -0.2) is 36.9 Å². The lowest BCUT2D eigenvalue weighted by Crippen LogP contribution is -2.41. The molecule has 4 rings (SSSR count). The van der Waals surface area contributed by atoms with Crippen LogP contribution in [0.2, 0.25) is 0 Å². The Labute approximate surface area is 202 Å². The van der Waals surface area contributed by atoms with Gasteiger partial charge >= 0.3 is 11.9 Å². The summed E-state index contributed by atoms with van der Waals surface area (Å²) in [6, 6.07) is 12.3. The summed E-state index contributed by atoms with van der Waals surface area (Å²) in [4.78, 5) is 29.2. The summed E-state index contributed by atoms with van der Waals surface area (Å²) in [5.74, 6) is -0.228. The molecule has 1 aliphatic rings.